The molecule has 0 heterocycles. The Balaban J connectivity index is 5.05. The molecule has 3 nitrogen and oxygen atoms in total. The zero-order valence-electron chi connectivity index (χ0n) is 14.6. The summed E-state index contributed by atoms with van der Waals surface area (Å²) in [6.07, 6.45) is 7.33. The van der Waals surface area contributed by atoms with Crippen molar-refractivity contribution >= 4 is 9.84 Å². The average Bonchev–Trinajstić information content (AvgIpc) is 2.37. The van der Waals surface area contributed by atoms with Crippen LogP contribution < -0.4 is 5.32 Å². The Kier molecular flexibility index (Phi) is 7.25. The molecule has 0 aliphatic heterocycles. The lowest BCUT2D eigenvalue weighted by Crippen LogP contribution is -2.34. The first-order valence-electron chi connectivity index (χ1n) is 7.04. The van der Waals surface area contributed by atoms with Crippen molar-refractivity contribution in [2.24, 2.45) is 0 Å². The highest BCUT2D eigenvalue weighted by Crippen LogP contribution is 2.17. The fourth-order valence-corrected chi connectivity index (χ4v) is 2.18. The summed E-state index contributed by atoms with van der Waals surface area (Å²) in [5.74, 6) is 0. The van der Waals surface area contributed by atoms with E-state index >= 15 is 0 Å². The zero-order chi connectivity index (χ0) is 18.4. The van der Waals surface area contributed by atoms with Crippen molar-refractivity contribution in [1.29, 1.82) is 0 Å². The fourth-order valence-electron chi connectivity index (χ4n) is 1.52. The second-order valence-electron chi connectivity index (χ2n) is 6.29. The van der Waals surface area contributed by atoms with E-state index in [0.29, 0.717) is 22.4 Å². The van der Waals surface area contributed by atoms with Crippen LogP contribution in [-0.2, 0) is 9.84 Å². The molecule has 0 aliphatic rings. The van der Waals surface area contributed by atoms with Crippen LogP contribution in [0.5, 0.6) is 0 Å². The number of sulfone groups is 1. The molecular weight excluding hydrogens is 306 g/mol. The summed E-state index contributed by atoms with van der Waals surface area (Å²) in [4.78, 5) is 0.106. The molecule has 0 amide bonds. The van der Waals surface area contributed by atoms with Crippen molar-refractivity contribution in [2.75, 3.05) is 6.26 Å². The molecular formula is C19H27NO2S. The summed E-state index contributed by atoms with van der Waals surface area (Å²) >= 11 is 0. The molecule has 1 N–H and O–H groups in total. The van der Waals surface area contributed by atoms with Crippen LogP contribution in [-0.4, -0.2) is 20.2 Å². The lowest BCUT2D eigenvalue weighted by atomic mass is 10.0. The largest absolute Gasteiger partial charge is 0.380 e. The first-order chi connectivity index (χ1) is 10.3. The molecule has 0 fully saturated rings. The summed E-state index contributed by atoms with van der Waals surface area (Å²) in [5, 5.41) is 3.23. The monoisotopic (exact) mass is 333 g/mol. The van der Waals surface area contributed by atoms with Gasteiger partial charge in [0.25, 0.3) is 0 Å². The summed E-state index contributed by atoms with van der Waals surface area (Å²) in [7, 11) is -3.33. The maximum atomic E-state index is 11.5. The summed E-state index contributed by atoms with van der Waals surface area (Å²) < 4.78 is 23.1. The van der Waals surface area contributed by atoms with Gasteiger partial charge in [-0.15, -0.1) is 0 Å². The van der Waals surface area contributed by atoms with Crippen LogP contribution in [0.4, 0.5) is 0 Å². The maximum Gasteiger partial charge on any atom is 0.175 e. The number of rotatable bonds is 8. The number of nitrogens with one attached hydrogen (secondary N) is 1. The molecule has 0 spiro atoms. The van der Waals surface area contributed by atoms with Crippen LogP contribution in [0.25, 0.3) is 0 Å². The summed E-state index contributed by atoms with van der Waals surface area (Å²) in [6.45, 7) is 25.2. The standard InChI is InChI=1S/C19H27NO2S/c1-10-18(23(9,21)22)13-16(4)14(2)11-12-15(3)17(5)20-19(6,7)8/h10-13,20H,1-5H2,6-9H3/b12-11-,18-13+. The van der Waals surface area contributed by atoms with Crippen molar-refractivity contribution in [3.63, 3.8) is 0 Å². The van der Waals surface area contributed by atoms with Crippen molar-refractivity contribution in [3.8, 4) is 0 Å². The van der Waals surface area contributed by atoms with Crippen LogP contribution in [0.15, 0.2) is 84.5 Å². The van der Waals surface area contributed by atoms with Gasteiger partial charge in [0.1, 0.15) is 0 Å². The molecule has 0 atom stereocenters. The van der Waals surface area contributed by atoms with E-state index in [1.807, 2.05) is 20.8 Å². The topological polar surface area (TPSA) is 46.2 Å². The number of allylic oxidation sites excluding steroid dienone is 6. The Labute approximate surface area is 141 Å². The van der Waals surface area contributed by atoms with Crippen LogP contribution in [0.3, 0.4) is 0 Å². The Morgan fingerprint density at radius 1 is 0.957 bits per heavy atom. The van der Waals surface area contributed by atoms with Gasteiger partial charge in [0, 0.05) is 17.5 Å². The normalized spacial score (nSPS) is 12.8. The van der Waals surface area contributed by atoms with E-state index in [1.54, 1.807) is 12.2 Å². The molecule has 0 aromatic carbocycles. The Hall–Kier alpha value is -2.07. The third-order valence-corrected chi connectivity index (χ3v) is 3.90. The van der Waals surface area contributed by atoms with E-state index in [0.717, 1.165) is 6.26 Å². The molecule has 0 aromatic heterocycles. The van der Waals surface area contributed by atoms with Gasteiger partial charge in [0.05, 0.1) is 4.91 Å². The molecule has 0 saturated heterocycles. The molecule has 0 saturated carbocycles. The predicted molar refractivity (Wildman–Crippen MR) is 102 cm³/mol. The number of hydrogen-bond donors (Lipinski definition) is 1. The molecule has 0 bridgehead atoms. The van der Waals surface area contributed by atoms with Crippen LogP contribution >= 0.6 is 0 Å². The molecule has 23 heavy (non-hydrogen) atoms. The van der Waals surface area contributed by atoms with Crippen molar-refractivity contribution in [3.05, 3.63) is 84.5 Å². The lowest BCUT2D eigenvalue weighted by molar-refractivity contribution is 0.478. The van der Waals surface area contributed by atoms with E-state index in [1.165, 1.54) is 12.2 Å². The van der Waals surface area contributed by atoms with Crippen molar-refractivity contribution in [2.45, 2.75) is 26.3 Å². The van der Waals surface area contributed by atoms with Gasteiger partial charge in [-0.25, -0.2) is 8.42 Å². The van der Waals surface area contributed by atoms with Gasteiger partial charge >= 0.3 is 0 Å². The van der Waals surface area contributed by atoms with E-state index in [2.05, 4.69) is 38.2 Å². The van der Waals surface area contributed by atoms with Crippen LogP contribution in [0.1, 0.15) is 20.8 Å². The van der Waals surface area contributed by atoms with Gasteiger partial charge in [-0.1, -0.05) is 51.1 Å². The van der Waals surface area contributed by atoms with E-state index in [4.69, 9.17) is 0 Å². The molecule has 126 valence electrons. The van der Waals surface area contributed by atoms with Gasteiger partial charge in [0.2, 0.25) is 0 Å². The Bertz CT molecular complexity index is 696. The average molecular weight is 333 g/mol. The minimum absolute atomic E-state index is 0.106. The minimum atomic E-state index is -3.33. The van der Waals surface area contributed by atoms with Crippen LogP contribution in [0.2, 0.25) is 0 Å². The molecule has 0 aromatic rings. The lowest BCUT2D eigenvalue weighted by Gasteiger charge is -2.23. The van der Waals surface area contributed by atoms with Gasteiger partial charge in [-0.2, -0.15) is 0 Å². The predicted octanol–water partition coefficient (Wildman–Crippen LogP) is 4.23. The smallest absolute Gasteiger partial charge is 0.175 e. The molecule has 4 heteroatoms. The zero-order valence-corrected chi connectivity index (χ0v) is 15.4. The SMILES string of the molecule is C=C/C(=C\C(=C)C(=C)/C=C\C(=C)C(=C)NC(C)(C)C)S(C)(=O)=O. The van der Waals surface area contributed by atoms with Crippen molar-refractivity contribution < 1.29 is 8.42 Å². The highest BCUT2D eigenvalue weighted by molar-refractivity contribution is 7.94. The summed E-state index contributed by atoms with van der Waals surface area (Å²) in [5.41, 5.74) is 2.39. The first kappa shape index (κ1) is 20.9. The highest BCUT2D eigenvalue weighted by atomic mass is 32.2. The van der Waals surface area contributed by atoms with E-state index < -0.39 is 9.84 Å². The van der Waals surface area contributed by atoms with E-state index in [-0.39, 0.29) is 10.4 Å². The fraction of sp³-hybridized carbons (Fsp3) is 0.263. The minimum Gasteiger partial charge on any atom is -0.380 e. The second kappa shape index (κ2) is 7.97. The molecule has 0 aliphatic carbocycles. The molecule has 0 radical (unpaired) electrons. The van der Waals surface area contributed by atoms with Gasteiger partial charge in [-0.05, 0) is 43.6 Å². The second-order valence-corrected chi connectivity index (χ2v) is 8.30. The number of hydrogen-bond acceptors (Lipinski definition) is 3. The molecule has 0 unspecified atom stereocenters. The van der Waals surface area contributed by atoms with Gasteiger partial charge in [0.15, 0.2) is 9.84 Å². The molecule has 0 rings (SSSR count). The summed E-state index contributed by atoms with van der Waals surface area (Å²) in [6, 6.07) is 0. The Morgan fingerprint density at radius 2 is 1.43 bits per heavy atom. The quantitative estimate of drug-likeness (QED) is 0.676. The first-order valence-corrected chi connectivity index (χ1v) is 8.94. The third-order valence-electron chi connectivity index (χ3n) is 2.76. The van der Waals surface area contributed by atoms with Gasteiger partial charge < -0.3 is 5.32 Å². The maximum absolute atomic E-state index is 11.5. The van der Waals surface area contributed by atoms with E-state index in [9.17, 15) is 8.42 Å². The van der Waals surface area contributed by atoms with Gasteiger partial charge in [-0.3, -0.25) is 0 Å². The highest BCUT2D eigenvalue weighted by Gasteiger charge is 2.11. The third kappa shape index (κ3) is 8.21. The van der Waals surface area contributed by atoms with Crippen LogP contribution in [0, 0.1) is 0 Å². The Morgan fingerprint density at radius 3 is 1.83 bits per heavy atom. The van der Waals surface area contributed by atoms with Crippen molar-refractivity contribution in [1.82, 2.24) is 5.32 Å².